The van der Waals surface area contributed by atoms with Crippen molar-refractivity contribution in [2.75, 3.05) is 18.0 Å². The van der Waals surface area contributed by atoms with Crippen molar-refractivity contribution in [3.8, 4) is 5.75 Å². The van der Waals surface area contributed by atoms with Gasteiger partial charge in [0.15, 0.2) is 0 Å². The second-order valence-electron chi connectivity index (χ2n) is 4.63. The van der Waals surface area contributed by atoms with Crippen molar-refractivity contribution in [1.82, 2.24) is 0 Å². The molecule has 0 aliphatic heterocycles. The molecule has 0 aliphatic carbocycles. The van der Waals surface area contributed by atoms with Crippen LogP contribution in [0.25, 0.3) is 0 Å². The predicted octanol–water partition coefficient (Wildman–Crippen LogP) is 2.53. The number of hydrogen-bond acceptors (Lipinski definition) is 3. The van der Waals surface area contributed by atoms with Gasteiger partial charge in [-0.1, -0.05) is 6.07 Å². The van der Waals surface area contributed by atoms with Crippen molar-refractivity contribution in [3.05, 3.63) is 59.9 Å². The van der Waals surface area contributed by atoms with Gasteiger partial charge < -0.3 is 15.7 Å². The molecule has 0 saturated carbocycles. The number of rotatable bonds is 5. The zero-order chi connectivity index (χ0) is 15.2. The second kappa shape index (κ2) is 6.85. The van der Waals surface area contributed by atoms with E-state index in [4.69, 9.17) is 5.73 Å². The lowest BCUT2D eigenvalue weighted by molar-refractivity contribution is 0.0987. The van der Waals surface area contributed by atoms with Crippen LogP contribution in [0.2, 0.25) is 0 Å². The monoisotopic (exact) mass is 288 g/mol. The van der Waals surface area contributed by atoms with Crippen LogP contribution in [0.15, 0.2) is 48.5 Å². The lowest BCUT2D eigenvalue weighted by Gasteiger charge is -2.23. The summed E-state index contributed by atoms with van der Waals surface area (Å²) in [7, 11) is 0. The minimum atomic E-state index is -0.399. The first-order valence-corrected chi connectivity index (χ1v) is 6.68. The number of carbonyl (C=O) groups is 1. The minimum Gasteiger partial charge on any atom is -0.508 e. The van der Waals surface area contributed by atoms with Gasteiger partial charge in [0.2, 0.25) is 0 Å². The molecule has 2 aromatic carbocycles. The maximum absolute atomic E-state index is 13.4. The standard InChI is InChI=1S/C16H17FN2O2/c17-13-3-1-4-14(11-13)19(10-2-9-18)16(21)12-5-7-15(20)8-6-12/h1,3-8,11,20H,2,9-10,18H2. The molecular formula is C16H17FN2O2. The van der Waals surface area contributed by atoms with E-state index >= 15 is 0 Å². The molecule has 0 unspecified atom stereocenters. The molecule has 4 nitrogen and oxygen atoms in total. The molecular weight excluding hydrogens is 271 g/mol. The van der Waals surface area contributed by atoms with Gasteiger partial charge in [0, 0.05) is 17.8 Å². The first-order valence-electron chi connectivity index (χ1n) is 6.68. The number of nitrogens with zero attached hydrogens (tertiary/aromatic N) is 1. The van der Waals surface area contributed by atoms with Crippen molar-refractivity contribution >= 4 is 11.6 Å². The third kappa shape index (κ3) is 3.79. The van der Waals surface area contributed by atoms with Crippen LogP contribution in [-0.4, -0.2) is 24.1 Å². The zero-order valence-corrected chi connectivity index (χ0v) is 11.5. The summed E-state index contributed by atoms with van der Waals surface area (Å²) in [5, 5.41) is 9.28. The summed E-state index contributed by atoms with van der Waals surface area (Å²) in [5.41, 5.74) is 6.41. The summed E-state index contributed by atoms with van der Waals surface area (Å²) in [6.07, 6.45) is 0.611. The number of aromatic hydroxyl groups is 1. The Kier molecular flexibility index (Phi) is 4.90. The highest BCUT2D eigenvalue weighted by Crippen LogP contribution is 2.20. The Morgan fingerprint density at radius 3 is 2.52 bits per heavy atom. The molecule has 2 aromatic rings. The number of nitrogens with two attached hydrogens (primary N) is 1. The van der Waals surface area contributed by atoms with Crippen LogP contribution in [0.3, 0.4) is 0 Å². The highest BCUT2D eigenvalue weighted by Gasteiger charge is 2.17. The summed E-state index contributed by atoms with van der Waals surface area (Å²) in [5.74, 6) is -0.566. The van der Waals surface area contributed by atoms with E-state index in [1.807, 2.05) is 0 Å². The van der Waals surface area contributed by atoms with E-state index in [-0.39, 0.29) is 11.7 Å². The molecule has 3 N–H and O–H groups in total. The number of halogens is 1. The third-order valence-corrected chi connectivity index (χ3v) is 3.07. The van der Waals surface area contributed by atoms with Gasteiger partial charge in [0.25, 0.3) is 5.91 Å². The number of phenols is 1. The number of hydrogen-bond donors (Lipinski definition) is 2. The van der Waals surface area contributed by atoms with Crippen LogP contribution < -0.4 is 10.6 Å². The summed E-state index contributed by atoms with van der Waals surface area (Å²) < 4.78 is 13.4. The fraction of sp³-hybridized carbons (Fsp3) is 0.188. The Hall–Kier alpha value is -2.40. The highest BCUT2D eigenvalue weighted by atomic mass is 19.1. The van der Waals surface area contributed by atoms with Crippen molar-refractivity contribution in [1.29, 1.82) is 0 Å². The lowest BCUT2D eigenvalue weighted by Crippen LogP contribution is -2.33. The molecule has 21 heavy (non-hydrogen) atoms. The summed E-state index contributed by atoms with van der Waals surface area (Å²) in [6.45, 7) is 0.842. The molecule has 1 amide bonds. The molecule has 0 heterocycles. The lowest BCUT2D eigenvalue weighted by atomic mass is 10.1. The summed E-state index contributed by atoms with van der Waals surface area (Å²) in [6, 6.07) is 11.8. The third-order valence-electron chi connectivity index (χ3n) is 3.07. The van der Waals surface area contributed by atoms with Crippen LogP contribution in [0.4, 0.5) is 10.1 Å². The Balaban J connectivity index is 2.31. The van der Waals surface area contributed by atoms with Gasteiger partial charge in [0.05, 0.1) is 0 Å². The average molecular weight is 288 g/mol. The number of amides is 1. The van der Waals surface area contributed by atoms with Gasteiger partial charge in [-0.3, -0.25) is 4.79 Å². The molecule has 0 fully saturated rings. The van der Waals surface area contributed by atoms with Crippen molar-refractivity contribution in [3.63, 3.8) is 0 Å². The van der Waals surface area contributed by atoms with Crippen LogP contribution in [0.5, 0.6) is 5.75 Å². The van der Waals surface area contributed by atoms with Gasteiger partial charge in [-0.2, -0.15) is 0 Å². The zero-order valence-electron chi connectivity index (χ0n) is 11.5. The molecule has 0 atom stereocenters. The quantitative estimate of drug-likeness (QED) is 0.888. The van der Waals surface area contributed by atoms with Gasteiger partial charge in [-0.15, -0.1) is 0 Å². The van der Waals surface area contributed by atoms with Crippen LogP contribution in [-0.2, 0) is 0 Å². The molecule has 110 valence electrons. The van der Waals surface area contributed by atoms with Crippen molar-refractivity contribution in [2.24, 2.45) is 5.73 Å². The molecule has 2 rings (SSSR count). The minimum absolute atomic E-state index is 0.0887. The van der Waals surface area contributed by atoms with E-state index in [2.05, 4.69) is 0 Å². The van der Waals surface area contributed by atoms with E-state index in [1.54, 1.807) is 12.1 Å². The second-order valence-corrected chi connectivity index (χ2v) is 4.63. The van der Waals surface area contributed by atoms with Gasteiger partial charge >= 0.3 is 0 Å². The summed E-state index contributed by atoms with van der Waals surface area (Å²) in [4.78, 5) is 14.0. The molecule has 5 heteroatoms. The largest absolute Gasteiger partial charge is 0.508 e. The highest BCUT2D eigenvalue weighted by molar-refractivity contribution is 6.06. The Labute approximate surface area is 122 Å². The Morgan fingerprint density at radius 1 is 1.19 bits per heavy atom. The van der Waals surface area contributed by atoms with Crippen LogP contribution >= 0.6 is 0 Å². The van der Waals surface area contributed by atoms with E-state index < -0.39 is 5.82 Å². The maximum atomic E-state index is 13.4. The van der Waals surface area contributed by atoms with E-state index in [9.17, 15) is 14.3 Å². The van der Waals surface area contributed by atoms with E-state index in [0.717, 1.165) is 0 Å². The Morgan fingerprint density at radius 2 is 1.90 bits per heavy atom. The fourth-order valence-corrected chi connectivity index (χ4v) is 2.00. The normalized spacial score (nSPS) is 10.4. The summed E-state index contributed by atoms with van der Waals surface area (Å²) >= 11 is 0. The molecule has 0 aromatic heterocycles. The molecule has 0 radical (unpaired) electrons. The van der Waals surface area contributed by atoms with Gasteiger partial charge in [-0.05, 0) is 55.4 Å². The van der Waals surface area contributed by atoms with Crippen molar-refractivity contribution in [2.45, 2.75) is 6.42 Å². The van der Waals surface area contributed by atoms with Crippen molar-refractivity contribution < 1.29 is 14.3 Å². The van der Waals surface area contributed by atoms with Crippen LogP contribution in [0, 0.1) is 5.82 Å². The first kappa shape index (κ1) is 15.0. The van der Waals surface area contributed by atoms with E-state index in [0.29, 0.717) is 30.8 Å². The molecule has 0 aliphatic rings. The number of carbonyl (C=O) groups excluding carboxylic acids is 1. The number of anilines is 1. The Bertz CT molecular complexity index is 614. The number of phenolic OH excluding ortho intramolecular Hbond substituents is 1. The molecule has 0 spiro atoms. The smallest absolute Gasteiger partial charge is 0.258 e. The molecule has 0 bridgehead atoms. The van der Waals surface area contributed by atoms with Gasteiger partial charge in [-0.25, -0.2) is 4.39 Å². The topological polar surface area (TPSA) is 66.6 Å². The average Bonchev–Trinajstić information content (AvgIpc) is 2.48. The first-order chi connectivity index (χ1) is 10.1. The fourth-order valence-electron chi connectivity index (χ4n) is 2.00. The van der Waals surface area contributed by atoms with E-state index in [1.165, 1.54) is 41.3 Å². The SMILES string of the molecule is NCCCN(C(=O)c1ccc(O)cc1)c1cccc(F)c1. The van der Waals surface area contributed by atoms with Crippen LogP contribution in [0.1, 0.15) is 16.8 Å². The molecule has 0 saturated heterocycles. The number of benzene rings is 2. The maximum Gasteiger partial charge on any atom is 0.258 e. The predicted molar refractivity (Wildman–Crippen MR) is 79.9 cm³/mol. The van der Waals surface area contributed by atoms with Gasteiger partial charge in [0.1, 0.15) is 11.6 Å².